The van der Waals surface area contributed by atoms with E-state index >= 15 is 0 Å². The quantitative estimate of drug-likeness (QED) is 0.444. The van der Waals surface area contributed by atoms with Crippen molar-refractivity contribution in [3.63, 3.8) is 0 Å². The fraction of sp³-hybridized carbons (Fsp3) is 0.280. The molecule has 0 bridgehead atoms. The van der Waals surface area contributed by atoms with E-state index in [0.717, 1.165) is 6.42 Å². The highest BCUT2D eigenvalue weighted by Crippen LogP contribution is 2.34. The van der Waals surface area contributed by atoms with E-state index in [2.05, 4.69) is 10.3 Å². The van der Waals surface area contributed by atoms with E-state index in [1.54, 1.807) is 42.5 Å². The molecule has 1 aliphatic heterocycles. The van der Waals surface area contributed by atoms with Crippen molar-refractivity contribution in [2.24, 2.45) is 0 Å². The molecule has 10 heteroatoms. The Balaban J connectivity index is 1.50. The van der Waals surface area contributed by atoms with E-state index in [0.29, 0.717) is 27.8 Å². The molecule has 2 amide bonds. The van der Waals surface area contributed by atoms with Gasteiger partial charge < -0.3 is 19.2 Å². The molecular formula is C25H24ClN3O6. The summed E-state index contributed by atoms with van der Waals surface area (Å²) in [4.78, 5) is 43.3. The summed E-state index contributed by atoms with van der Waals surface area (Å²) in [6, 6.07) is 11.6. The Morgan fingerprint density at radius 3 is 2.83 bits per heavy atom. The molecule has 1 unspecified atom stereocenters. The van der Waals surface area contributed by atoms with Gasteiger partial charge in [0.05, 0.1) is 10.7 Å². The molecule has 0 spiro atoms. The van der Waals surface area contributed by atoms with Crippen molar-refractivity contribution < 1.29 is 28.3 Å². The van der Waals surface area contributed by atoms with E-state index in [9.17, 15) is 14.4 Å². The predicted octanol–water partition coefficient (Wildman–Crippen LogP) is 4.04. The topological polar surface area (TPSA) is 111 Å². The van der Waals surface area contributed by atoms with Gasteiger partial charge in [-0.05, 0) is 43.7 Å². The number of nitrogens with one attached hydrogen (secondary N) is 1. The summed E-state index contributed by atoms with van der Waals surface area (Å²) in [6.07, 6.45) is 2.03. The van der Waals surface area contributed by atoms with E-state index in [1.165, 1.54) is 11.2 Å². The average Bonchev–Trinajstić information content (AvgIpc) is 3.33. The number of Topliss-reactive ketones (excluding diaryl/α,β-unsaturated/α-hetero) is 1. The number of halogens is 1. The van der Waals surface area contributed by atoms with Gasteiger partial charge in [0.25, 0.3) is 11.8 Å². The minimum absolute atomic E-state index is 0.00629. The summed E-state index contributed by atoms with van der Waals surface area (Å²) in [7, 11) is 0. The van der Waals surface area contributed by atoms with Crippen LogP contribution >= 0.6 is 11.6 Å². The summed E-state index contributed by atoms with van der Waals surface area (Å²) < 4.78 is 16.5. The van der Waals surface area contributed by atoms with Crippen LogP contribution in [0.15, 0.2) is 53.1 Å². The number of benzene rings is 2. The van der Waals surface area contributed by atoms with Crippen LogP contribution in [0.2, 0.25) is 5.02 Å². The Hall–Kier alpha value is -3.85. The highest BCUT2D eigenvalue weighted by molar-refractivity contribution is 6.32. The number of ketones is 1. The monoisotopic (exact) mass is 497 g/mol. The van der Waals surface area contributed by atoms with E-state index in [-0.39, 0.29) is 55.0 Å². The highest BCUT2D eigenvalue weighted by Gasteiger charge is 2.28. The molecule has 0 radical (unpaired) electrons. The van der Waals surface area contributed by atoms with Crippen molar-refractivity contribution in [1.82, 2.24) is 10.3 Å². The van der Waals surface area contributed by atoms with E-state index in [4.69, 9.17) is 25.5 Å². The van der Waals surface area contributed by atoms with Gasteiger partial charge in [-0.2, -0.15) is 0 Å². The zero-order chi connectivity index (χ0) is 24.9. The number of amides is 2. The minimum Gasteiger partial charge on any atom is -0.484 e. The molecule has 2 aromatic carbocycles. The van der Waals surface area contributed by atoms with Gasteiger partial charge >= 0.3 is 0 Å². The number of nitrogens with zero attached hydrogens (tertiary/aromatic N) is 2. The number of carbonyl (C=O) groups excluding carboxylic acids is 3. The number of rotatable bonds is 9. The Morgan fingerprint density at radius 2 is 2.06 bits per heavy atom. The number of fused-ring (bicyclic) bond motifs is 1. The number of oxazole rings is 1. The molecule has 2 heterocycles. The highest BCUT2D eigenvalue weighted by atomic mass is 35.5. The van der Waals surface area contributed by atoms with Crippen LogP contribution in [0.1, 0.15) is 47.0 Å². The molecule has 1 atom stereocenters. The Morgan fingerprint density at radius 1 is 1.26 bits per heavy atom. The summed E-state index contributed by atoms with van der Waals surface area (Å²) in [5, 5.41) is 3.22. The van der Waals surface area contributed by atoms with Crippen molar-refractivity contribution in [2.75, 3.05) is 18.1 Å². The smallest absolute Gasteiger partial charge is 0.273 e. The molecule has 35 heavy (non-hydrogen) atoms. The lowest BCUT2D eigenvalue weighted by molar-refractivity contribution is -0.121. The van der Waals surface area contributed by atoms with Crippen LogP contribution in [-0.2, 0) is 11.3 Å². The number of hydrogen-bond donors (Lipinski definition) is 1. The average molecular weight is 498 g/mol. The summed E-state index contributed by atoms with van der Waals surface area (Å²) in [5.74, 6) is 0.0323. The SMILES string of the molecule is CCC(C)NC(=O)c1coc(CN2C(=O)COc3ccc(C(=O)COc4ccccc4Cl)cc32)n1. The fourth-order valence-electron chi connectivity index (χ4n) is 3.36. The zero-order valence-electron chi connectivity index (χ0n) is 19.2. The number of aromatic nitrogens is 1. The minimum atomic E-state index is -0.352. The van der Waals surface area contributed by atoms with Crippen molar-refractivity contribution in [3.05, 3.63) is 70.9 Å². The van der Waals surface area contributed by atoms with Gasteiger partial charge in [0.1, 0.15) is 24.3 Å². The van der Waals surface area contributed by atoms with Gasteiger partial charge in [-0.3, -0.25) is 19.3 Å². The third kappa shape index (κ3) is 5.63. The molecule has 4 rings (SSSR count). The molecule has 1 aliphatic rings. The van der Waals surface area contributed by atoms with E-state index in [1.807, 2.05) is 13.8 Å². The second-order valence-corrected chi connectivity index (χ2v) is 8.41. The predicted molar refractivity (Wildman–Crippen MR) is 128 cm³/mol. The van der Waals surface area contributed by atoms with Crippen LogP contribution in [0, 0.1) is 0 Å². The Kier molecular flexibility index (Phi) is 7.36. The molecule has 1 N–H and O–H groups in total. The van der Waals surface area contributed by atoms with Crippen LogP contribution in [0.5, 0.6) is 11.5 Å². The van der Waals surface area contributed by atoms with Crippen molar-refractivity contribution in [1.29, 1.82) is 0 Å². The maximum atomic E-state index is 12.8. The van der Waals surface area contributed by atoms with Gasteiger partial charge in [-0.15, -0.1) is 0 Å². The molecule has 1 aromatic heterocycles. The molecular weight excluding hydrogens is 474 g/mol. The number of para-hydroxylation sites is 1. The lowest BCUT2D eigenvalue weighted by Gasteiger charge is -2.28. The lowest BCUT2D eigenvalue weighted by Crippen LogP contribution is -2.38. The zero-order valence-corrected chi connectivity index (χ0v) is 20.0. The van der Waals surface area contributed by atoms with Crippen LogP contribution in [0.25, 0.3) is 0 Å². The molecule has 182 valence electrons. The summed E-state index contributed by atoms with van der Waals surface area (Å²) >= 11 is 6.08. The Bertz CT molecular complexity index is 1260. The van der Waals surface area contributed by atoms with Crippen molar-refractivity contribution in [2.45, 2.75) is 32.9 Å². The third-order valence-electron chi connectivity index (χ3n) is 5.49. The fourth-order valence-corrected chi connectivity index (χ4v) is 3.55. The first-order valence-corrected chi connectivity index (χ1v) is 11.5. The number of hydrogen-bond acceptors (Lipinski definition) is 7. The van der Waals surface area contributed by atoms with Crippen molar-refractivity contribution in [3.8, 4) is 11.5 Å². The molecule has 9 nitrogen and oxygen atoms in total. The van der Waals surface area contributed by atoms with Gasteiger partial charge in [0.15, 0.2) is 24.7 Å². The summed E-state index contributed by atoms with van der Waals surface area (Å²) in [6.45, 7) is 3.42. The molecule has 0 aliphatic carbocycles. The van der Waals surface area contributed by atoms with Crippen molar-refractivity contribution >= 4 is 34.9 Å². The molecule has 0 fully saturated rings. The first-order chi connectivity index (χ1) is 16.9. The van der Waals surface area contributed by atoms with Gasteiger partial charge in [0.2, 0.25) is 5.89 Å². The molecule has 0 saturated carbocycles. The Labute approximate surface area is 207 Å². The number of anilines is 1. The van der Waals surface area contributed by atoms with Gasteiger partial charge in [-0.25, -0.2) is 4.98 Å². The second kappa shape index (κ2) is 10.6. The van der Waals surface area contributed by atoms with Gasteiger partial charge in [0, 0.05) is 11.6 Å². The van der Waals surface area contributed by atoms with Crippen LogP contribution in [0.3, 0.4) is 0 Å². The number of ether oxygens (including phenoxy) is 2. The molecule has 3 aromatic rings. The summed E-state index contributed by atoms with van der Waals surface area (Å²) in [5.41, 5.74) is 0.857. The first kappa shape index (κ1) is 24.3. The van der Waals surface area contributed by atoms with Crippen LogP contribution in [0.4, 0.5) is 5.69 Å². The van der Waals surface area contributed by atoms with Gasteiger partial charge in [-0.1, -0.05) is 30.7 Å². The maximum Gasteiger partial charge on any atom is 0.273 e. The maximum absolute atomic E-state index is 12.8. The lowest BCUT2D eigenvalue weighted by atomic mass is 10.1. The normalized spacial score (nSPS) is 13.6. The molecule has 0 saturated heterocycles. The number of carbonyl (C=O) groups is 3. The van der Waals surface area contributed by atoms with E-state index < -0.39 is 0 Å². The second-order valence-electron chi connectivity index (χ2n) is 8.00. The van der Waals surface area contributed by atoms with Crippen LogP contribution in [-0.4, -0.2) is 41.8 Å². The third-order valence-corrected chi connectivity index (χ3v) is 5.80. The first-order valence-electron chi connectivity index (χ1n) is 11.1. The standard InChI is InChI=1S/C25H24ClN3O6/c1-3-15(2)27-25(32)18-12-35-23(28-18)11-29-19-10-16(8-9-22(19)34-14-24(29)31)20(30)13-33-21-7-5-4-6-17(21)26/h4-10,12,15H,3,11,13-14H2,1-2H3,(H,27,32). The largest absolute Gasteiger partial charge is 0.484 e. The van der Waals surface area contributed by atoms with Crippen LogP contribution < -0.4 is 19.7 Å².